The molecule has 0 amide bonds. The van der Waals surface area contributed by atoms with Crippen molar-refractivity contribution in [2.75, 3.05) is 6.61 Å². The third kappa shape index (κ3) is 3.23. The average Bonchev–Trinajstić information content (AvgIpc) is 2.85. The van der Waals surface area contributed by atoms with E-state index in [9.17, 15) is 25.2 Å². The lowest BCUT2D eigenvalue weighted by Crippen LogP contribution is -2.60. The molecule has 1 fully saturated rings. The van der Waals surface area contributed by atoms with Gasteiger partial charge >= 0.3 is 0 Å². The summed E-state index contributed by atoms with van der Waals surface area (Å²) in [5.74, 6) is -0.736. The largest absolute Gasteiger partial charge is 0.394 e. The van der Waals surface area contributed by atoms with E-state index in [0.29, 0.717) is 6.42 Å². The van der Waals surface area contributed by atoms with Crippen molar-refractivity contribution >= 4 is 5.78 Å². The van der Waals surface area contributed by atoms with Crippen LogP contribution >= 0.6 is 0 Å². The standard InChI is InChI=1S/C17H22O7/c18-8-12-14(20)15(21)16(22)17(24-12)23-11-7-3-5-9-4-1-2-6-10(11)13(9)19/h1-4,6-7,9-12,14-18,20-22H,5,8H2/t9-,10+,11-,12-,14-,15+,16-,17+/m1/s1. The van der Waals surface area contributed by atoms with Crippen molar-refractivity contribution < 1.29 is 34.7 Å². The molecule has 8 atom stereocenters. The van der Waals surface area contributed by atoms with Crippen LogP contribution in [0, 0.1) is 11.8 Å². The van der Waals surface area contributed by atoms with Gasteiger partial charge in [-0.3, -0.25) is 4.79 Å². The fourth-order valence-corrected chi connectivity index (χ4v) is 3.23. The van der Waals surface area contributed by atoms with Crippen LogP contribution in [0.5, 0.6) is 0 Å². The third-order valence-electron chi connectivity index (χ3n) is 4.68. The van der Waals surface area contributed by atoms with Crippen molar-refractivity contribution in [1.29, 1.82) is 0 Å². The van der Waals surface area contributed by atoms with Gasteiger partial charge in [0, 0.05) is 5.92 Å². The molecule has 1 aliphatic heterocycles. The van der Waals surface area contributed by atoms with E-state index in [1.807, 2.05) is 18.2 Å². The van der Waals surface area contributed by atoms with E-state index in [0.717, 1.165) is 0 Å². The zero-order valence-electron chi connectivity index (χ0n) is 13.0. The highest BCUT2D eigenvalue weighted by Crippen LogP contribution is 2.30. The van der Waals surface area contributed by atoms with Crippen LogP contribution in [0.25, 0.3) is 0 Å². The van der Waals surface area contributed by atoms with E-state index in [2.05, 4.69) is 0 Å². The summed E-state index contributed by atoms with van der Waals surface area (Å²) in [4.78, 5) is 12.6. The van der Waals surface area contributed by atoms with Gasteiger partial charge in [0.25, 0.3) is 0 Å². The Morgan fingerprint density at radius 2 is 1.83 bits per heavy atom. The van der Waals surface area contributed by atoms with Gasteiger partial charge in [0.05, 0.1) is 18.6 Å². The predicted molar refractivity (Wildman–Crippen MR) is 82.7 cm³/mol. The second-order valence-electron chi connectivity index (χ2n) is 6.27. The summed E-state index contributed by atoms with van der Waals surface area (Å²) in [6.45, 7) is -0.528. The Morgan fingerprint density at radius 1 is 1.08 bits per heavy atom. The minimum Gasteiger partial charge on any atom is -0.394 e. The van der Waals surface area contributed by atoms with E-state index >= 15 is 0 Å². The summed E-state index contributed by atoms with van der Waals surface area (Å²) >= 11 is 0. The monoisotopic (exact) mass is 338 g/mol. The van der Waals surface area contributed by atoms with Crippen molar-refractivity contribution in [3.63, 3.8) is 0 Å². The number of aliphatic hydroxyl groups excluding tert-OH is 4. The average molecular weight is 338 g/mol. The van der Waals surface area contributed by atoms with Crippen LogP contribution in [0.3, 0.4) is 0 Å². The number of hydrogen-bond acceptors (Lipinski definition) is 7. The Bertz CT molecular complexity index is 553. The number of ether oxygens (including phenoxy) is 2. The van der Waals surface area contributed by atoms with Gasteiger partial charge in [-0.15, -0.1) is 0 Å². The van der Waals surface area contributed by atoms with Crippen LogP contribution in [0.15, 0.2) is 36.5 Å². The van der Waals surface area contributed by atoms with Gasteiger partial charge in [-0.25, -0.2) is 0 Å². The quantitative estimate of drug-likeness (QED) is 0.491. The molecule has 0 saturated carbocycles. The van der Waals surface area contributed by atoms with Crippen molar-refractivity contribution in [2.24, 2.45) is 11.8 Å². The second kappa shape index (κ2) is 7.26. The molecular weight excluding hydrogens is 316 g/mol. The highest BCUT2D eigenvalue weighted by Gasteiger charge is 2.45. The zero-order valence-corrected chi connectivity index (χ0v) is 13.0. The van der Waals surface area contributed by atoms with Crippen LogP contribution in [0.2, 0.25) is 0 Å². The topological polar surface area (TPSA) is 116 Å². The number of carbonyl (C=O) groups excluding carboxylic acids is 1. The lowest BCUT2D eigenvalue weighted by atomic mass is 9.90. The number of ketones is 1. The van der Waals surface area contributed by atoms with Gasteiger partial charge in [0.15, 0.2) is 6.29 Å². The Balaban J connectivity index is 1.78. The highest BCUT2D eigenvalue weighted by molar-refractivity contribution is 5.88. The summed E-state index contributed by atoms with van der Waals surface area (Å²) in [6.07, 6.45) is 3.95. The summed E-state index contributed by atoms with van der Waals surface area (Å²) in [5.41, 5.74) is 0. The molecule has 0 spiro atoms. The Morgan fingerprint density at radius 3 is 2.58 bits per heavy atom. The molecule has 1 heterocycles. The number of Topliss-reactive ketones (excluding diaryl/α,β-unsaturated/α-hetero) is 1. The van der Waals surface area contributed by atoms with E-state index < -0.39 is 49.3 Å². The predicted octanol–water partition coefficient (Wildman–Crippen LogP) is -0.941. The van der Waals surface area contributed by atoms with Crippen LogP contribution in [0.4, 0.5) is 0 Å². The molecule has 0 unspecified atom stereocenters. The summed E-state index contributed by atoms with van der Waals surface area (Å²) in [5, 5.41) is 39.0. The van der Waals surface area contributed by atoms with Crippen molar-refractivity contribution in [1.82, 2.24) is 0 Å². The van der Waals surface area contributed by atoms with Gasteiger partial charge in [-0.05, 0) is 6.42 Å². The lowest BCUT2D eigenvalue weighted by Gasteiger charge is -2.41. The molecule has 0 aromatic rings. The van der Waals surface area contributed by atoms with Crippen LogP contribution in [-0.4, -0.2) is 69.6 Å². The molecule has 3 rings (SSSR count). The van der Waals surface area contributed by atoms with E-state index in [4.69, 9.17) is 9.47 Å². The van der Waals surface area contributed by atoms with Crippen molar-refractivity contribution in [2.45, 2.75) is 43.2 Å². The fourth-order valence-electron chi connectivity index (χ4n) is 3.23. The molecule has 0 radical (unpaired) electrons. The van der Waals surface area contributed by atoms with Crippen LogP contribution < -0.4 is 0 Å². The van der Waals surface area contributed by atoms with Gasteiger partial charge < -0.3 is 29.9 Å². The maximum absolute atomic E-state index is 12.6. The minimum atomic E-state index is -1.51. The number of aliphatic hydroxyl groups is 4. The van der Waals surface area contributed by atoms with E-state index in [1.54, 1.807) is 18.2 Å². The first-order valence-corrected chi connectivity index (χ1v) is 8.04. The normalized spacial score (nSPS) is 45.1. The van der Waals surface area contributed by atoms with Gasteiger partial charge in [0.1, 0.15) is 30.2 Å². The molecule has 0 aromatic heterocycles. The fraction of sp³-hybridized carbons (Fsp3) is 0.588. The number of fused-ring (bicyclic) bond motifs is 2. The molecule has 1 saturated heterocycles. The molecule has 3 aliphatic rings. The summed E-state index contributed by atoms with van der Waals surface area (Å²) in [6, 6.07) is 0. The first-order valence-electron chi connectivity index (χ1n) is 8.04. The maximum Gasteiger partial charge on any atom is 0.187 e. The molecule has 7 heteroatoms. The summed E-state index contributed by atoms with van der Waals surface area (Å²) in [7, 11) is 0. The molecular formula is C17H22O7. The van der Waals surface area contributed by atoms with Crippen LogP contribution in [0.1, 0.15) is 6.42 Å². The zero-order chi connectivity index (χ0) is 17.3. The van der Waals surface area contributed by atoms with Gasteiger partial charge in [0.2, 0.25) is 0 Å². The first kappa shape index (κ1) is 17.5. The Kier molecular flexibility index (Phi) is 5.29. The second-order valence-corrected chi connectivity index (χ2v) is 6.27. The number of carbonyl (C=O) groups is 1. The van der Waals surface area contributed by atoms with Crippen molar-refractivity contribution in [3.8, 4) is 0 Å². The number of rotatable bonds is 3. The molecule has 24 heavy (non-hydrogen) atoms. The lowest BCUT2D eigenvalue weighted by molar-refractivity contribution is -0.309. The van der Waals surface area contributed by atoms with Gasteiger partial charge in [-0.2, -0.15) is 0 Å². The smallest absolute Gasteiger partial charge is 0.187 e. The molecule has 132 valence electrons. The van der Waals surface area contributed by atoms with Crippen LogP contribution in [-0.2, 0) is 14.3 Å². The maximum atomic E-state index is 12.6. The Hall–Kier alpha value is -1.35. The van der Waals surface area contributed by atoms with E-state index in [-0.39, 0.29) is 11.7 Å². The SMILES string of the molecule is O=C1[C@@H]2C=CC=C[C@H]1[C@H](O[C@H]1O[C@H](CO)[C@@H](O)[C@H](O)[C@H]1O)C=CC2. The third-order valence-corrected chi connectivity index (χ3v) is 4.68. The van der Waals surface area contributed by atoms with Crippen molar-refractivity contribution in [3.05, 3.63) is 36.5 Å². The molecule has 2 aliphatic carbocycles. The molecule has 4 N–H and O–H groups in total. The molecule has 7 nitrogen and oxygen atoms in total. The Labute approximate surface area is 139 Å². The van der Waals surface area contributed by atoms with E-state index in [1.165, 1.54) is 0 Å². The molecule has 2 bridgehead atoms. The number of allylic oxidation sites excluding steroid dienone is 4. The summed E-state index contributed by atoms with van der Waals surface area (Å²) < 4.78 is 11.1. The minimum absolute atomic E-state index is 0.0135. The highest BCUT2D eigenvalue weighted by atomic mass is 16.7. The number of hydrogen-bond donors (Lipinski definition) is 4. The first-order chi connectivity index (χ1) is 11.5. The van der Waals surface area contributed by atoms with Gasteiger partial charge in [-0.1, -0.05) is 36.5 Å². The molecule has 0 aromatic carbocycles.